The molecule has 0 spiro atoms. The Morgan fingerprint density at radius 1 is 1.38 bits per heavy atom. The second-order valence-corrected chi connectivity index (χ2v) is 9.16. The first-order chi connectivity index (χ1) is 11.4. The summed E-state index contributed by atoms with van der Waals surface area (Å²) in [6, 6.07) is 7.41. The maximum absolute atomic E-state index is 13.3. The van der Waals surface area contributed by atoms with E-state index in [2.05, 4.69) is 5.10 Å². The number of hydrogen-bond acceptors (Lipinski definition) is 4. The minimum absolute atomic E-state index is 0.252. The van der Waals surface area contributed by atoms with Gasteiger partial charge < -0.3 is 0 Å². The Labute approximate surface area is 152 Å². The van der Waals surface area contributed by atoms with Crippen molar-refractivity contribution in [2.45, 2.75) is 37.6 Å². The van der Waals surface area contributed by atoms with Crippen molar-refractivity contribution < 1.29 is 8.42 Å². The van der Waals surface area contributed by atoms with E-state index in [1.165, 1.54) is 0 Å². The molecule has 3 rings (SSSR count). The summed E-state index contributed by atoms with van der Waals surface area (Å²) in [5.74, 6) is 0.760. The van der Waals surface area contributed by atoms with E-state index in [1.807, 2.05) is 32.0 Å². The lowest BCUT2D eigenvalue weighted by molar-refractivity contribution is 0.433. The van der Waals surface area contributed by atoms with Gasteiger partial charge in [-0.2, -0.15) is 9.40 Å². The third-order valence-electron chi connectivity index (χ3n) is 4.16. The number of benzene rings is 1. The van der Waals surface area contributed by atoms with Crippen LogP contribution in [0.3, 0.4) is 0 Å². The molecule has 5 nitrogen and oxygen atoms in total. The van der Waals surface area contributed by atoms with Crippen molar-refractivity contribution in [2.24, 2.45) is 0 Å². The first-order valence-corrected chi connectivity index (χ1v) is 10.7. The van der Waals surface area contributed by atoms with Crippen LogP contribution in [0.2, 0.25) is 5.02 Å². The van der Waals surface area contributed by atoms with Crippen LogP contribution >= 0.6 is 23.4 Å². The molecule has 2 aromatic rings. The lowest BCUT2D eigenvalue weighted by Crippen LogP contribution is -2.31. The SMILES string of the molecule is CCn1nc(C)c(S(=O)(=O)N2CCSC2c2cccc(Cl)c2)c1C. The van der Waals surface area contributed by atoms with Gasteiger partial charge in [-0.05, 0) is 38.5 Å². The van der Waals surface area contributed by atoms with E-state index in [1.54, 1.807) is 33.7 Å². The minimum Gasteiger partial charge on any atom is -0.268 e. The summed E-state index contributed by atoms with van der Waals surface area (Å²) in [6.45, 7) is 6.66. The Morgan fingerprint density at radius 2 is 2.12 bits per heavy atom. The number of halogens is 1. The molecule has 1 fully saturated rings. The van der Waals surface area contributed by atoms with E-state index < -0.39 is 10.0 Å². The third kappa shape index (κ3) is 2.98. The van der Waals surface area contributed by atoms with Gasteiger partial charge in [0.05, 0.1) is 16.8 Å². The minimum atomic E-state index is -3.61. The zero-order valence-corrected chi connectivity index (χ0v) is 16.2. The molecule has 0 N–H and O–H groups in total. The monoisotopic (exact) mass is 385 g/mol. The molecule has 1 saturated heterocycles. The smallest absolute Gasteiger partial charge is 0.248 e. The molecular formula is C16H20ClN3O2S2. The summed E-state index contributed by atoms with van der Waals surface area (Å²) in [6.07, 6.45) is 0. The van der Waals surface area contributed by atoms with Crippen molar-refractivity contribution in [1.29, 1.82) is 0 Å². The van der Waals surface area contributed by atoms with Crippen molar-refractivity contribution in [3.63, 3.8) is 0 Å². The van der Waals surface area contributed by atoms with Gasteiger partial charge in [0.1, 0.15) is 4.90 Å². The van der Waals surface area contributed by atoms with Gasteiger partial charge in [0.2, 0.25) is 10.0 Å². The average Bonchev–Trinajstić information content (AvgIpc) is 3.12. The Morgan fingerprint density at radius 3 is 2.75 bits per heavy atom. The van der Waals surface area contributed by atoms with Crippen molar-refractivity contribution in [1.82, 2.24) is 14.1 Å². The van der Waals surface area contributed by atoms with Crippen molar-refractivity contribution in [3.05, 3.63) is 46.2 Å². The van der Waals surface area contributed by atoms with Crippen LogP contribution in [0.5, 0.6) is 0 Å². The van der Waals surface area contributed by atoms with Crippen molar-refractivity contribution >= 4 is 33.4 Å². The standard InChI is InChI=1S/C16H20ClN3O2S2/c1-4-19-12(3)15(11(2)18-19)24(21,22)20-8-9-23-16(20)13-6-5-7-14(17)10-13/h5-7,10,16H,4,8-9H2,1-3H3. The van der Waals surface area contributed by atoms with Gasteiger partial charge in [-0.3, -0.25) is 4.68 Å². The fourth-order valence-corrected chi connectivity index (χ4v) is 6.91. The normalized spacial score (nSPS) is 19.1. The molecule has 1 aromatic heterocycles. The number of nitrogens with zero attached hydrogens (tertiary/aromatic N) is 3. The van der Waals surface area contributed by atoms with Gasteiger partial charge >= 0.3 is 0 Å². The van der Waals surface area contributed by atoms with Crippen LogP contribution in [0.4, 0.5) is 0 Å². The molecule has 1 aliphatic rings. The van der Waals surface area contributed by atoms with Crippen LogP contribution < -0.4 is 0 Å². The van der Waals surface area contributed by atoms with E-state index in [9.17, 15) is 8.42 Å². The highest BCUT2D eigenvalue weighted by molar-refractivity contribution is 8.01. The van der Waals surface area contributed by atoms with Crippen LogP contribution in [0.25, 0.3) is 0 Å². The molecular weight excluding hydrogens is 366 g/mol. The molecule has 2 heterocycles. The first-order valence-electron chi connectivity index (χ1n) is 7.79. The topological polar surface area (TPSA) is 55.2 Å². The molecule has 0 bridgehead atoms. The highest BCUT2D eigenvalue weighted by Crippen LogP contribution is 2.42. The predicted octanol–water partition coefficient (Wildman–Crippen LogP) is 3.61. The van der Waals surface area contributed by atoms with Gasteiger partial charge in [0.25, 0.3) is 0 Å². The molecule has 1 unspecified atom stereocenters. The summed E-state index contributed by atoms with van der Waals surface area (Å²) in [4.78, 5) is 0.332. The summed E-state index contributed by atoms with van der Waals surface area (Å²) in [7, 11) is -3.61. The van der Waals surface area contributed by atoms with Gasteiger partial charge in [-0.25, -0.2) is 8.42 Å². The Hall–Kier alpha value is -1.02. The lowest BCUT2D eigenvalue weighted by atomic mass is 10.2. The Balaban J connectivity index is 2.05. The zero-order valence-electron chi connectivity index (χ0n) is 13.9. The second kappa shape index (κ2) is 6.71. The van der Waals surface area contributed by atoms with Gasteiger partial charge in [-0.1, -0.05) is 23.7 Å². The summed E-state index contributed by atoms with van der Waals surface area (Å²) in [5, 5.41) is 4.72. The van der Waals surface area contributed by atoms with E-state index >= 15 is 0 Å². The fourth-order valence-electron chi connectivity index (χ4n) is 3.10. The van der Waals surface area contributed by atoms with Gasteiger partial charge in [0.15, 0.2) is 0 Å². The summed E-state index contributed by atoms with van der Waals surface area (Å²) in [5.41, 5.74) is 2.15. The van der Waals surface area contributed by atoms with Crippen molar-refractivity contribution in [3.8, 4) is 0 Å². The zero-order chi connectivity index (χ0) is 17.5. The quantitative estimate of drug-likeness (QED) is 0.806. The molecule has 8 heteroatoms. The van der Waals surface area contributed by atoms with E-state index in [4.69, 9.17) is 11.6 Å². The highest BCUT2D eigenvalue weighted by atomic mass is 35.5. The molecule has 1 atom stereocenters. The van der Waals surface area contributed by atoms with Crippen LogP contribution in [-0.2, 0) is 16.6 Å². The van der Waals surface area contributed by atoms with Gasteiger partial charge in [-0.15, -0.1) is 11.8 Å². The second-order valence-electron chi connectivity index (χ2n) is 5.71. The van der Waals surface area contributed by atoms with Crippen LogP contribution in [0.15, 0.2) is 29.2 Å². The molecule has 24 heavy (non-hydrogen) atoms. The molecule has 1 aliphatic heterocycles. The molecule has 0 amide bonds. The molecule has 130 valence electrons. The van der Waals surface area contributed by atoms with E-state index in [-0.39, 0.29) is 5.37 Å². The van der Waals surface area contributed by atoms with Crippen LogP contribution in [0.1, 0.15) is 29.2 Å². The summed E-state index contributed by atoms with van der Waals surface area (Å²) < 4.78 is 29.9. The van der Waals surface area contributed by atoms with E-state index in [0.29, 0.717) is 34.4 Å². The number of aryl methyl sites for hydroxylation is 2. The first kappa shape index (κ1) is 17.8. The number of thioether (sulfide) groups is 1. The molecule has 0 radical (unpaired) electrons. The van der Waals surface area contributed by atoms with Crippen LogP contribution in [-0.4, -0.2) is 34.8 Å². The molecule has 1 aromatic carbocycles. The third-order valence-corrected chi connectivity index (χ3v) is 7.91. The van der Waals surface area contributed by atoms with E-state index in [0.717, 1.165) is 11.3 Å². The fraction of sp³-hybridized carbons (Fsp3) is 0.438. The maximum Gasteiger partial charge on any atom is 0.248 e. The predicted molar refractivity (Wildman–Crippen MR) is 97.9 cm³/mol. The number of hydrogen-bond donors (Lipinski definition) is 0. The van der Waals surface area contributed by atoms with Gasteiger partial charge in [0, 0.05) is 23.9 Å². The van der Waals surface area contributed by atoms with Crippen molar-refractivity contribution in [2.75, 3.05) is 12.3 Å². The lowest BCUT2D eigenvalue weighted by Gasteiger charge is -2.24. The highest BCUT2D eigenvalue weighted by Gasteiger charge is 2.39. The number of rotatable bonds is 4. The molecule has 0 saturated carbocycles. The number of aromatic nitrogens is 2. The number of sulfonamides is 1. The summed E-state index contributed by atoms with van der Waals surface area (Å²) >= 11 is 7.70. The van der Waals surface area contributed by atoms with Crippen LogP contribution in [0, 0.1) is 13.8 Å². The molecule has 0 aliphatic carbocycles. The Kier molecular flexibility index (Phi) is 4.97. The maximum atomic E-state index is 13.3. The largest absolute Gasteiger partial charge is 0.268 e. The Bertz CT molecular complexity index is 864. The average molecular weight is 386 g/mol.